The molecular weight excluding hydrogens is 270 g/mol. The first-order valence-electron chi connectivity index (χ1n) is 6.28. The molecule has 2 aromatic carbocycles. The van der Waals surface area contributed by atoms with Crippen LogP contribution in [0.2, 0.25) is 0 Å². The summed E-state index contributed by atoms with van der Waals surface area (Å²) in [5.41, 5.74) is 2.04. The SMILES string of the molecule is Cn1c(=O)c(-c2ccc([N+](=O)[O-])cc2)nc2ccccc21. The van der Waals surface area contributed by atoms with Crippen LogP contribution in [0.25, 0.3) is 22.3 Å². The lowest BCUT2D eigenvalue weighted by Gasteiger charge is -2.07. The van der Waals surface area contributed by atoms with Crippen LogP contribution in [-0.4, -0.2) is 14.5 Å². The van der Waals surface area contributed by atoms with Crippen molar-refractivity contribution in [1.29, 1.82) is 0 Å². The van der Waals surface area contributed by atoms with E-state index in [0.29, 0.717) is 11.1 Å². The summed E-state index contributed by atoms with van der Waals surface area (Å²) >= 11 is 0. The topological polar surface area (TPSA) is 78.0 Å². The van der Waals surface area contributed by atoms with E-state index in [1.165, 1.54) is 28.8 Å². The Balaban J connectivity index is 2.22. The number of nitrogens with zero attached hydrogens (tertiary/aromatic N) is 3. The van der Waals surface area contributed by atoms with Crippen molar-refractivity contribution in [1.82, 2.24) is 9.55 Å². The van der Waals surface area contributed by atoms with Gasteiger partial charge < -0.3 is 4.57 Å². The number of hydrogen-bond acceptors (Lipinski definition) is 4. The lowest BCUT2D eigenvalue weighted by molar-refractivity contribution is -0.384. The van der Waals surface area contributed by atoms with E-state index >= 15 is 0 Å². The smallest absolute Gasteiger partial charge is 0.277 e. The van der Waals surface area contributed by atoms with Crippen molar-refractivity contribution in [2.45, 2.75) is 0 Å². The normalized spacial score (nSPS) is 10.7. The van der Waals surface area contributed by atoms with Crippen LogP contribution in [0.15, 0.2) is 53.3 Å². The monoisotopic (exact) mass is 281 g/mol. The van der Waals surface area contributed by atoms with Gasteiger partial charge in [0.2, 0.25) is 0 Å². The molecule has 0 saturated carbocycles. The highest BCUT2D eigenvalue weighted by Crippen LogP contribution is 2.20. The molecule has 0 aliphatic heterocycles. The average Bonchev–Trinajstić information content (AvgIpc) is 2.51. The Morgan fingerprint density at radius 2 is 1.76 bits per heavy atom. The molecule has 1 aromatic heterocycles. The molecule has 0 spiro atoms. The van der Waals surface area contributed by atoms with Gasteiger partial charge in [0.1, 0.15) is 5.69 Å². The minimum absolute atomic E-state index is 0.0173. The van der Waals surface area contributed by atoms with Gasteiger partial charge in [0, 0.05) is 24.7 Å². The van der Waals surface area contributed by atoms with E-state index < -0.39 is 4.92 Å². The van der Waals surface area contributed by atoms with Gasteiger partial charge in [-0.3, -0.25) is 14.9 Å². The van der Waals surface area contributed by atoms with E-state index in [0.717, 1.165) is 5.52 Å². The number of fused-ring (bicyclic) bond motifs is 1. The maximum Gasteiger partial charge on any atom is 0.277 e. The van der Waals surface area contributed by atoms with Gasteiger partial charge in [-0.15, -0.1) is 0 Å². The Kier molecular flexibility index (Phi) is 2.98. The predicted molar refractivity (Wildman–Crippen MR) is 79.1 cm³/mol. The van der Waals surface area contributed by atoms with Gasteiger partial charge in [-0.1, -0.05) is 12.1 Å². The molecule has 0 amide bonds. The molecule has 0 radical (unpaired) electrons. The molecule has 0 unspecified atom stereocenters. The first kappa shape index (κ1) is 13.0. The van der Waals surface area contributed by atoms with Crippen LogP contribution in [0.1, 0.15) is 0 Å². The molecule has 0 N–H and O–H groups in total. The van der Waals surface area contributed by atoms with Gasteiger partial charge in [0.05, 0.1) is 16.0 Å². The fraction of sp³-hybridized carbons (Fsp3) is 0.0667. The molecule has 6 heteroatoms. The summed E-state index contributed by atoms with van der Waals surface area (Å²) in [6.07, 6.45) is 0. The molecule has 0 fully saturated rings. The molecule has 0 atom stereocenters. The highest BCUT2D eigenvalue weighted by molar-refractivity contribution is 5.77. The van der Waals surface area contributed by atoms with E-state index in [4.69, 9.17) is 0 Å². The third kappa shape index (κ3) is 2.16. The Morgan fingerprint density at radius 3 is 2.43 bits per heavy atom. The van der Waals surface area contributed by atoms with E-state index in [-0.39, 0.29) is 16.9 Å². The van der Waals surface area contributed by atoms with E-state index in [1.807, 2.05) is 24.3 Å². The second-order valence-corrected chi connectivity index (χ2v) is 4.62. The Labute approximate surface area is 119 Å². The number of hydrogen-bond donors (Lipinski definition) is 0. The summed E-state index contributed by atoms with van der Waals surface area (Å²) in [5, 5.41) is 10.7. The van der Waals surface area contributed by atoms with Crippen molar-refractivity contribution in [2.75, 3.05) is 0 Å². The first-order chi connectivity index (χ1) is 10.1. The van der Waals surface area contributed by atoms with Crippen molar-refractivity contribution < 1.29 is 4.92 Å². The number of nitro benzene ring substituents is 1. The standard InChI is InChI=1S/C15H11N3O3/c1-17-13-5-3-2-4-12(13)16-14(15(17)19)10-6-8-11(9-7-10)18(20)21/h2-9H,1H3. The Morgan fingerprint density at radius 1 is 1.10 bits per heavy atom. The summed E-state index contributed by atoms with van der Waals surface area (Å²) < 4.78 is 1.53. The van der Waals surface area contributed by atoms with Crippen LogP contribution in [0.5, 0.6) is 0 Å². The molecular formula is C15H11N3O3. The molecule has 3 rings (SSSR count). The van der Waals surface area contributed by atoms with Crippen LogP contribution in [0.4, 0.5) is 5.69 Å². The molecule has 0 aliphatic carbocycles. The largest absolute Gasteiger partial charge is 0.308 e. The van der Waals surface area contributed by atoms with Crippen LogP contribution < -0.4 is 5.56 Å². The Hall–Kier alpha value is -3.02. The summed E-state index contributed by atoms with van der Waals surface area (Å²) in [4.78, 5) is 26.9. The minimum atomic E-state index is -0.476. The lowest BCUT2D eigenvalue weighted by Crippen LogP contribution is -2.20. The van der Waals surface area contributed by atoms with E-state index in [9.17, 15) is 14.9 Å². The van der Waals surface area contributed by atoms with Gasteiger partial charge in [-0.05, 0) is 24.3 Å². The second-order valence-electron chi connectivity index (χ2n) is 4.62. The van der Waals surface area contributed by atoms with Crippen LogP contribution in [0, 0.1) is 10.1 Å². The lowest BCUT2D eigenvalue weighted by atomic mass is 10.1. The molecule has 0 saturated heterocycles. The van der Waals surface area contributed by atoms with Crippen molar-refractivity contribution >= 4 is 16.7 Å². The van der Waals surface area contributed by atoms with Gasteiger partial charge in [-0.25, -0.2) is 4.98 Å². The third-order valence-corrected chi connectivity index (χ3v) is 3.33. The zero-order chi connectivity index (χ0) is 15.0. The third-order valence-electron chi connectivity index (χ3n) is 3.33. The molecule has 1 heterocycles. The van der Waals surface area contributed by atoms with Crippen LogP contribution in [-0.2, 0) is 7.05 Å². The zero-order valence-corrected chi connectivity index (χ0v) is 11.2. The number of benzene rings is 2. The zero-order valence-electron chi connectivity index (χ0n) is 11.2. The quantitative estimate of drug-likeness (QED) is 0.534. The van der Waals surface area contributed by atoms with Gasteiger partial charge in [-0.2, -0.15) is 0 Å². The fourth-order valence-electron chi connectivity index (χ4n) is 2.21. The van der Waals surface area contributed by atoms with Crippen molar-refractivity contribution in [2.24, 2.45) is 7.05 Å². The van der Waals surface area contributed by atoms with Crippen molar-refractivity contribution in [3.05, 3.63) is 69.0 Å². The molecule has 3 aromatic rings. The molecule has 21 heavy (non-hydrogen) atoms. The number of rotatable bonds is 2. The van der Waals surface area contributed by atoms with Crippen LogP contribution >= 0.6 is 0 Å². The fourth-order valence-corrected chi connectivity index (χ4v) is 2.21. The van der Waals surface area contributed by atoms with Crippen molar-refractivity contribution in [3.8, 4) is 11.3 Å². The number of non-ortho nitro benzene ring substituents is 1. The van der Waals surface area contributed by atoms with Crippen molar-refractivity contribution in [3.63, 3.8) is 0 Å². The molecule has 0 aliphatic rings. The van der Waals surface area contributed by atoms with Gasteiger partial charge >= 0.3 is 0 Å². The highest BCUT2D eigenvalue weighted by Gasteiger charge is 2.12. The first-order valence-corrected chi connectivity index (χ1v) is 6.28. The number of aromatic nitrogens is 2. The summed E-state index contributed by atoms with van der Waals surface area (Å²) in [6, 6.07) is 13.1. The molecule has 0 bridgehead atoms. The molecule has 6 nitrogen and oxygen atoms in total. The average molecular weight is 281 g/mol. The number of aryl methyl sites for hydroxylation is 1. The summed E-state index contributed by atoms with van der Waals surface area (Å²) in [5.74, 6) is 0. The maximum absolute atomic E-state index is 12.4. The predicted octanol–water partition coefficient (Wildman–Crippen LogP) is 2.51. The van der Waals surface area contributed by atoms with E-state index in [2.05, 4.69) is 4.98 Å². The highest BCUT2D eigenvalue weighted by atomic mass is 16.6. The van der Waals surface area contributed by atoms with Gasteiger partial charge in [0.15, 0.2) is 0 Å². The summed E-state index contributed by atoms with van der Waals surface area (Å²) in [7, 11) is 1.68. The maximum atomic E-state index is 12.4. The Bertz CT molecular complexity index is 898. The number of nitro groups is 1. The second kappa shape index (κ2) is 4.82. The van der Waals surface area contributed by atoms with E-state index in [1.54, 1.807) is 7.05 Å². The molecule has 104 valence electrons. The van der Waals surface area contributed by atoms with Crippen LogP contribution in [0.3, 0.4) is 0 Å². The number of para-hydroxylation sites is 2. The van der Waals surface area contributed by atoms with Gasteiger partial charge in [0.25, 0.3) is 11.2 Å². The summed E-state index contributed by atoms with van der Waals surface area (Å²) in [6.45, 7) is 0. The minimum Gasteiger partial charge on any atom is -0.308 e.